The van der Waals surface area contributed by atoms with E-state index in [1.54, 1.807) is 12.1 Å². The van der Waals surface area contributed by atoms with E-state index < -0.39 is 5.95 Å². The SMILES string of the molecule is O=C(c1cccnc1F)C1CC2CCCC(C1)N2Cc1ccccc1. The molecule has 2 bridgehead atoms. The van der Waals surface area contributed by atoms with Crippen molar-refractivity contribution < 1.29 is 9.18 Å². The molecule has 130 valence electrons. The monoisotopic (exact) mass is 338 g/mol. The molecule has 2 aromatic rings. The van der Waals surface area contributed by atoms with E-state index >= 15 is 0 Å². The highest BCUT2D eigenvalue weighted by atomic mass is 19.1. The number of fused-ring (bicyclic) bond motifs is 2. The fourth-order valence-electron chi connectivity index (χ4n) is 4.53. The number of ketones is 1. The minimum absolute atomic E-state index is 0.0677. The van der Waals surface area contributed by atoms with E-state index in [2.05, 4.69) is 34.1 Å². The van der Waals surface area contributed by atoms with E-state index in [0.29, 0.717) is 12.1 Å². The molecule has 0 saturated carbocycles. The summed E-state index contributed by atoms with van der Waals surface area (Å²) in [5.41, 5.74) is 1.48. The fourth-order valence-corrected chi connectivity index (χ4v) is 4.53. The molecule has 2 aliphatic heterocycles. The van der Waals surface area contributed by atoms with Crippen molar-refractivity contribution in [3.63, 3.8) is 0 Å². The zero-order valence-corrected chi connectivity index (χ0v) is 14.3. The number of benzene rings is 1. The number of rotatable bonds is 4. The Labute approximate surface area is 147 Å². The average molecular weight is 338 g/mol. The van der Waals surface area contributed by atoms with Gasteiger partial charge in [-0.15, -0.1) is 0 Å². The first-order valence-electron chi connectivity index (χ1n) is 9.17. The van der Waals surface area contributed by atoms with E-state index in [4.69, 9.17) is 0 Å². The van der Waals surface area contributed by atoms with Gasteiger partial charge in [-0.05, 0) is 43.4 Å². The molecule has 0 spiro atoms. The molecule has 4 rings (SSSR count). The molecule has 0 N–H and O–H groups in total. The fraction of sp³-hybridized carbons (Fsp3) is 0.429. The standard InChI is InChI=1S/C21H23FN2O/c22-21-19(10-5-11-23-21)20(25)16-12-17-8-4-9-18(13-16)24(17)14-15-6-2-1-3-7-15/h1-3,5-7,10-11,16-18H,4,8-9,12-14H2. The highest BCUT2D eigenvalue weighted by molar-refractivity contribution is 5.97. The number of aromatic nitrogens is 1. The number of nitrogens with zero attached hydrogens (tertiary/aromatic N) is 2. The van der Waals surface area contributed by atoms with Crippen molar-refractivity contribution in [1.29, 1.82) is 0 Å². The molecule has 3 nitrogen and oxygen atoms in total. The van der Waals surface area contributed by atoms with Gasteiger partial charge in [0.15, 0.2) is 5.78 Å². The smallest absolute Gasteiger partial charge is 0.223 e. The summed E-state index contributed by atoms with van der Waals surface area (Å²) in [6, 6.07) is 14.6. The van der Waals surface area contributed by atoms with Gasteiger partial charge < -0.3 is 0 Å². The minimum Gasteiger partial charge on any atom is -0.294 e. The largest absolute Gasteiger partial charge is 0.294 e. The van der Waals surface area contributed by atoms with Crippen molar-refractivity contribution in [1.82, 2.24) is 9.88 Å². The third-order valence-electron chi connectivity index (χ3n) is 5.73. The van der Waals surface area contributed by atoms with Gasteiger partial charge in [-0.25, -0.2) is 4.98 Å². The molecule has 2 fully saturated rings. The summed E-state index contributed by atoms with van der Waals surface area (Å²) in [5, 5.41) is 0. The Hall–Kier alpha value is -2.07. The Morgan fingerprint density at radius 2 is 1.80 bits per heavy atom. The molecule has 2 aliphatic rings. The molecule has 0 amide bonds. The van der Waals surface area contributed by atoms with Crippen LogP contribution in [0.4, 0.5) is 4.39 Å². The summed E-state index contributed by atoms with van der Waals surface area (Å²) < 4.78 is 13.9. The quantitative estimate of drug-likeness (QED) is 0.618. The Kier molecular flexibility index (Phi) is 4.62. The van der Waals surface area contributed by atoms with Crippen LogP contribution in [-0.4, -0.2) is 27.8 Å². The van der Waals surface area contributed by atoms with Crippen LogP contribution in [0.15, 0.2) is 48.7 Å². The van der Waals surface area contributed by atoms with Crippen molar-refractivity contribution in [2.24, 2.45) is 5.92 Å². The van der Waals surface area contributed by atoms with Crippen molar-refractivity contribution in [2.75, 3.05) is 0 Å². The molecular weight excluding hydrogens is 315 g/mol. The van der Waals surface area contributed by atoms with Gasteiger partial charge in [0, 0.05) is 30.7 Å². The highest BCUT2D eigenvalue weighted by Gasteiger charge is 2.41. The average Bonchev–Trinajstić information content (AvgIpc) is 2.62. The zero-order valence-electron chi connectivity index (χ0n) is 14.3. The summed E-state index contributed by atoms with van der Waals surface area (Å²) in [6.45, 7) is 0.943. The second kappa shape index (κ2) is 7.04. The maximum Gasteiger partial charge on any atom is 0.223 e. The predicted molar refractivity (Wildman–Crippen MR) is 94.7 cm³/mol. The van der Waals surface area contributed by atoms with Crippen LogP contribution in [0.3, 0.4) is 0 Å². The molecule has 2 atom stereocenters. The van der Waals surface area contributed by atoms with Gasteiger partial charge in [0.2, 0.25) is 5.95 Å². The van der Waals surface area contributed by atoms with E-state index in [9.17, 15) is 9.18 Å². The number of carbonyl (C=O) groups excluding carboxylic acids is 1. The lowest BCUT2D eigenvalue weighted by Crippen LogP contribution is -2.52. The van der Waals surface area contributed by atoms with Gasteiger partial charge in [0.25, 0.3) is 0 Å². The first-order chi connectivity index (χ1) is 12.2. The molecule has 0 radical (unpaired) electrons. The highest BCUT2D eigenvalue weighted by Crippen LogP contribution is 2.39. The second-order valence-electron chi connectivity index (χ2n) is 7.27. The number of Topliss-reactive ketones (excluding diaryl/α,β-unsaturated/α-hetero) is 1. The van der Waals surface area contributed by atoms with E-state index in [-0.39, 0.29) is 17.3 Å². The van der Waals surface area contributed by atoms with Crippen molar-refractivity contribution in [2.45, 2.75) is 50.7 Å². The van der Waals surface area contributed by atoms with Crippen LogP contribution < -0.4 is 0 Å². The lowest BCUT2D eigenvalue weighted by atomic mass is 9.75. The summed E-state index contributed by atoms with van der Waals surface area (Å²) in [6.07, 6.45) is 6.53. The maximum atomic E-state index is 13.9. The van der Waals surface area contributed by atoms with Crippen LogP contribution in [0.1, 0.15) is 48.0 Å². The lowest BCUT2D eigenvalue weighted by Gasteiger charge is -2.48. The summed E-state index contributed by atoms with van der Waals surface area (Å²) in [4.78, 5) is 19.0. The molecule has 0 aliphatic carbocycles. The van der Waals surface area contributed by atoms with Crippen LogP contribution in [0.2, 0.25) is 0 Å². The number of hydrogen-bond acceptors (Lipinski definition) is 3. The third-order valence-corrected chi connectivity index (χ3v) is 5.73. The number of halogens is 1. The summed E-state index contributed by atoms with van der Waals surface area (Å²) in [5.74, 6) is -0.785. The molecule has 3 heterocycles. The normalized spacial score (nSPS) is 26.4. The van der Waals surface area contributed by atoms with Gasteiger partial charge in [-0.3, -0.25) is 9.69 Å². The topological polar surface area (TPSA) is 33.2 Å². The van der Waals surface area contributed by atoms with E-state index in [1.165, 1.54) is 18.2 Å². The van der Waals surface area contributed by atoms with Crippen LogP contribution in [0.5, 0.6) is 0 Å². The van der Waals surface area contributed by atoms with Crippen molar-refractivity contribution in [3.05, 3.63) is 65.7 Å². The Balaban J connectivity index is 1.51. The van der Waals surface area contributed by atoms with Gasteiger partial charge >= 0.3 is 0 Å². The molecule has 25 heavy (non-hydrogen) atoms. The maximum absolute atomic E-state index is 13.9. The molecule has 2 unspecified atom stereocenters. The summed E-state index contributed by atoms with van der Waals surface area (Å²) >= 11 is 0. The van der Waals surface area contributed by atoms with Crippen molar-refractivity contribution in [3.8, 4) is 0 Å². The van der Waals surface area contributed by atoms with Crippen LogP contribution in [0.25, 0.3) is 0 Å². The number of hydrogen-bond donors (Lipinski definition) is 0. The van der Waals surface area contributed by atoms with Crippen LogP contribution in [0, 0.1) is 11.9 Å². The first kappa shape index (κ1) is 16.4. The zero-order chi connectivity index (χ0) is 17.2. The Bertz CT molecular complexity index is 735. The van der Waals surface area contributed by atoms with Crippen molar-refractivity contribution >= 4 is 5.78 Å². The molecule has 2 saturated heterocycles. The van der Waals surface area contributed by atoms with Gasteiger partial charge in [0.1, 0.15) is 0 Å². The number of piperidine rings is 2. The third kappa shape index (κ3) is 3.36. The Morgan fingerprint density at radius 1 is 1.08 bits per heavy atom. The van der Waals surface area contributed by atoms with E-state index in [0.717, 1.165) is 32.2 Å². The van der Waals surface area contributed by atoms with Crippen LogP contribution in [-0.2, 0) is 6.54 Å². The Morgan fingerprint density at radius 3 is 2.48 bits per heavy atom. The number of carbonyl (C=O) groups is 1. The number of pyridine rings is 1. The molecular formula is C21H23FN2O. The van der Waals surface area contributed by atoms with Gasteiger partial charge in [0.05, 0.1) is 5.56 Å². The minimum atomic E-state index is -0.635. The molecule has 4 heteroatoms. The first-order valence-corrected chi connectivity index (χ1v) is 9.17. The predicted octanol–water partition coefficient (Wildman–Crippen LogP) is 4.24. The molecule has 1 aromatic carbocycles. The van der Waals surface area contributed by atoms with Gasteiger partial charge in [-0.2, -0.15) is 4.39 Å². The summed E-state index contributed by atoms with van der Waals surface area (Å²) in [7, 11) is 0. The lowest BCUT2D eigenvalue weighted by molar-refractivity contribution is 0.00892. The van der Waals surface area contributed by atoms with E-state index in [1.807, 2.05) is 6.07 Å². The van der Waals surface area contributed by atoms with Gasteiger partial charge in [-0.1, -0.05) is 36.8 Å². The second-order valence-corrected chi connectivity index (χ2v) is 7.27. The molecule has 1 aromatic heterocycles. The van der Waals surface area contributed by atoms with Crippen LogP contribution >= 0.6 is 0 Å².